The lowest BCUT2D eigenvalue weighted by Crippen LogP contribution is -2.58. The highest BCUT2D eigenvalue weighted by Crippen LogP contribution is 2.56. The van der Waals surface area contributed by atoms with Crippen LogP contribution >= 0.6 is 0 Å². The molecule has 0 saturated heterocycles. The molecule has 1 fully saturated rings. The Morgan fingerprint density at radius 2 is 1.41 bits per heavy atom. The van der Waals surface area contributed by atoms with Crippen molar-refractivity contribution in [1.29, 1.82) is 0 Å². The van der Waals surface area contributed by atoms with Gasteiger partial charge in [0.15, 0.2) is 0 Å². The highest BCUT2D eigenvalue weighted by Gasteiger charge is 2.73. The minimum Gasteiger partial charge on any atom is -0.374 e. The van der Waals surface area contributed by atoms with Gasteiger partial charge in [-0.2, -0.15) is 26.3 Å². The average molecular weight is 346 g/mol. The van der Waals surface area contributed by atoms with Gasteiger partial charge in [-0.05, 0) is 6.42 Å². The molecule has 0 aromatic rings. The first-order valence-corrected chi connectivity index (χ1v) is 6.49. The van der Waals surface area contributed by atoms with Crippen LogP contribution in [-0.2, 0) is 0 Å². The maximum atomic E-state index is 13.9. The molecule has 0 heterocycles. The van der Waals surface area contributed by atoms with Crippen molar-refractivity contribution >= 4 is 0 Å². The first-order valence-electron chi connectivity index (χ1n) is 6.49. The molecule has 0 spiro atoms. The molecule has 1 aliphatic carbocycles. The molecule has 0 amide bonds. The van der Waals surface area contributed by atoms with E-state index < -0.39 is 60.6 Å². The van der Waals surface area contributed by atoms with Gasteiger partial charge < -0.3 is 5.11 Å². The molecule has 1 saturated carbocycles. The van der Waals surface area contributed by atoms with Gasteiger partial charge in [0, 0.05) is 18.3 Å². The van der Waals surface area contributed by atoms with E-state index in [4.69, 9.17) is 5.11 Å². The van der Waals surface area contributed by atoms with Gasteiger partial charge in [-0.25, -0.2) is 13.2 Å². The second kappa shape index (κ2) is 5.45. The monoisotopic (exact) mass is 346 g/mol. The summed E-state index contributed by atoms with van der Waals surface area (Å²) in [5, 5.41) is 9.07. The minimum absolute atomic E-state index is 0.506. The summed E-state index contributed by atoms with van der Waals surface area (Å²) in [6, 6.07) is 0. The van der Waals surface area contributed by atoms with Crippen LogP contribution in [0.1, 0.15) is 26.7 Å². The largest absolute Gasteiger partial charge is 0.426 e. The summed E-state index contributed by atoms with van der Waals surface area (Å²) in [5.41, 5.74) is -5.22. The highest BCUT2D eigenvalue weighted by molar-refractivity contribution is 5.06. The maximum absolute atomic E-state index is 13.9. The SMILES string of the molecule is CCC1C(CC(O)(C(F)(F)F)C(F)(F)F)C(F)C(C)C1(F)F. The molecule has 10 heteroatoms. The lowest BCUT2D eigenvalue weighted by Gasteiger charge is -2.36. The Balaban J connectivity index is 3.25. The molecule has 4 unspecified atom stereocenters. The van der Waals surface area contributed by atoms with Crippen LogP contribution < -0.4 is 0 Å². The predicted molar refractivity (Wildman–Crippen MR) is 58.0 cm³/mol. The second-order valence-electron chi connectivity index (χ2n) is 5.65. The molecular formula is C12H15F9O. The molecule has 0 radical (unpaired) electrons. The van der Waals surface area contributed by atoms with Crippen molar-refractivity contribution in [2.75, 3.05) is 0 Å². The third kappa shape index (κ3) is 2.78. The van der Waals surface area contributed by atoms with E-state index in [1.807, 2.05) is 0 Å². The molecule has 4 atom stereocenters. The summed E-state index contributed by atoms with van der Waals surface area (Å²) in [6.07, 6.45) is -17.6. The van der Waals surface area contributed by atoms with Crippen LogP contribution in [0.25, 0.3) is 0 Å². The Morgan fingerprint density at radius 1 is 1.00 bits per heavy atom. The molecule has 1 nitrogen and oxygen atoms in total. The standard InChI is InChI=1S/C12H15F9O/c1-3-7-6(8(13)5(2)10(7,14)15)4-9(22,11(16,17)18)12(19,20)21/h5-8,22H,3-4H2,1-2H3. The van der Waals surface area contributed by atoms with Crippen molar-refractivity contribution in [2.45, 2.75) is 56.7 Å². The van der Waals surface area contributed by atoms with E-state index in [2.05, 4.69) is 0 Å². The van der Waals surface area contributed by atoms with Crippen LogP contribution in [0.5, 0.6) is 0 Å². The summed E-state index contributed by atoms with van der Waals surface area (Å²) >= 11 is 0. The molecule has 132 valence electrons. The minimum atomic E-state index is -6.15. The van der Waals surface area contributed by atoms with Gasteiger partial charge in [-0.15, -0.1) is 0 Å². The zero-order valence-electron chi connectivity index (χ0n) is 11.6. The topological polar surface area (TPSA) is 20.2 Å². The van der Waals surface area contributed by atoms with Crippen LogP contribution in [0.15, 0.2) is 0 Å². The summed E-state index contributed by atoms with van der Waals surface area (Å²) in [7, 11) is 0. The number of halogens is 9. The van der Waals surface area contributed by atoms with Gasteiger partial charge in [0.25, 0.3) is 11.5 Å². The fourth-order valence-electron chi connectivity index (χ4n) is 2.99. The van der Waals surface area contributed by atoms with Gasteiger partial charge in [0.05, 0.1) is 5.92 Å². The summed E-state index contributed by atoms with van der Waals surface area (Å²) in [5.74, 6) is -10.0. The van der Waals surface area contributed by atoms with E-state index in [1.165, 1.54) is 0 Å². The van der Waals surface area contributed by atoms with Crippen LogP contribution in [0.3, 0.4) is 0 Å². The fourth-order valence-corrected chi connectivity index (χ4v) is 2.99. The van der Waals surface area contributed by atoms with Gasteiger partial charge in [0.1, 0.15) is 6.17 Å². The van der Waals surface area contributed by atoms with E-state index in [-0.39, 0.29) is 0 Å². The van der Waals surface area contributed by atoms with Crippen LogP contribution in [0, 0.1) is 17.8 Å². The van der Waals surface area contributed by atoms with E-state index in [1.54, 1.807) is 0 Å². The number of hydrogen-bond acceptors (Lipinski definition) is 1. The summed E-state index contributed by atoms with van der Waals surface area (Å²) in [6.45, 7) is 1.85. The molecule has 1 aliphatic rings. The van der Waals surface area contributed by atoms with Gasteiger partial charge in [-0.1, -0.05) is 13.8 Å². The summed E-state index contributed by atoms with van der Waals surface area (Å²) in [4.78, 5) is 0. The van der Waals surface area contributed by atoms with Crippen molar-refractivity contribution in [3.63, 3.8) is 0 Å². The van der Waals surface area contributed by atoms with E-state index in [9.17, 15) is 39.5 Å². The molecule has 0 aromatic carbocycles. The molecule has 0 aromatic heterocycles. The third-order valence-electron chi connectivity index (χ3n) is 4.41. The quantitative estimate of drug-likeness (QED) is 0.746. The number of hydrogen-bond donors (Lipinski definition) is 1. The Labute approximate surface area is 120 Å². The molecule has 0 aliphatic heterocycles. The third-order valence-corrected chi connectivity index (χ3v) is 4.41. The van der Waals surface area contributed by atoms with Gasteiger partial charge in [-0.3, -0.25) is 0 Å². The Morgan fingerprint density at radius 3 is 1.73 bits per heavy atom. The zero-order valence-corrected chi connectivity index (χ0v) is 11.6. The Bertz CT molecular complexity index is 386. The molecule has 1 rings (SSSR count). The van der Waals surface area contributed by atoms with Crippen molar-refractivity contribution in [2.24, 2.45) is 17.8 Å². The van der Waals surface area contributed by atoms with E-state index in [0.717, 1.165) is 13.8 Å². The van der Waals surface area contributed by atoms with Gasteiger partial charge >= 0.3 is 12.4 Å². The fraction of sp³-hybridized carbons (Fsp3) is 1.00. The van der Waals surface area contributed by atoms with Crippen LogP contribution in [0.4, 0.5) is 39.5 Å². The number of alkyl halides is 9. The molecule has 0 bridgehead atoms. The number of aliphatic hydroxyl groups is 1. The summed E-state index contributed by atoms with van der Waals surface area (Å²) < 4.78 is 117. The first kappa shape index (κ1) is 19.4. The smallest absolute Gasteiger partial charge is 0.374 e. The lowest BCUT2D eigenvalue weighted by molar-refractivity contribution is -0.374. The maximum Gasteiger partial charge on any atom is 0.426 e. The average Bonchev–Trinajstić information content (AvgIpc) is 2.47. The van der Waals surface area contributed by atoms with Crippen molar-refractivity contribution < 1.29 is 44.6 Å². The van der Waals surface area contributed by atoms with Crippen molar-refractivity contribution in [1.82, 2.24) is 0 Å². The van der Waals surface area contributed by atoms with Crippen molar-refractivity contribution in [3.05, 3.63) is 0 Å². The first-order chi connectivity index (χ1) is 9.61. The van der Waals surface area contributed by atoms with E-state index in [0.29, 0.717) is 0 Å². The van der Waals surface area contributed by atoms with Gasteiger partial charge in [0.2, 0.25) is 0 Å². The Hall–Kier alpha value is -0.670. The second-order valence-corrected chi connectivity index (χ2v) is 5.65. The zero-order chi connectivity index (χ0) is 17.7. The highest BCUT2D eigenvalue weighted by atomic mass is 19.4. The number of rotatable bonds is 3. The molecular weight excluding hydrogens is 331 g/mol. The Kier molecular flexibility index (Phi) is 4.80. The predicted octanol–water partition coefficient (Wildman–Crippen LogP) is 4.50. The van der Waals surface area contributed by atoms with Crippen LogP contribution in [-0.4, -0.2) is 35.2 Å². The van der Waals surface area contributed by atoms with E-state index >= 15 is 0 Å². The molecule has 22 heavy (non-hydrogen) atoms. The lowest BCUT2D eigenvalue weighted by atomic mass is 9.81. The normalized spacial score (nSPS) is 33.3. The van der Waals surface area contributed by atoms with Crippen molar-refractivity contribution in [3.8, 4) is 0 Å². The molecule has 1 N–H and O–H groups in total. The van der Waals surface area contributed by atoms with Crippen LogP contribution in [0.2, 0.25) is 0 Å².